The number of methoxy groups -OCH3 is 1. The summed E-state index contributed by atoms with van der Waals surface area (Å²) in [5.41, 5.74) is 1.09. The van der Waals surface area contributed by atoms with Crippen molar-refractivity contribution in [3.8, 4) is 5.75 Å². The van der Waals surface area contributed by atoms with E-state index in [1.54, 1.807) is 7.11 Å². The summed E-state index contributed by atoms with van der Waals surface area (Å²) in [6.45, 7) is 7.22. The van der Waals surface area contributed by atoms with Crippen molar-refractivity contribution in [1.82, 2.24) is 4.90 Å². The number of likely N-dealkylation sites (tertiary alicyclic amines) is 1. The summed E-state index contributed by atoms with van der Waals surface area (Å²) in [5, 5.41) is 0. The van der Waals surface area contributed by atoms with Crippen molar-refractivity contribution in [3.05, 3.63) is 29.8 Å². The predicted molar refractivity (Wildman–Crippen MR) is 94.3 cm³/mol. The van der Waals surface area contributed by atoms with Gasteiger partial charge in [-0.15, -0.1) is 0 Å². The van der Waals surface area contributed by atoms with Crippen LogP contribution in [-0.4, -0.2) is 43.7 Å². The van der Waals surface area contributed by atoms with E-state index in [1.165, 1.54) is 18.4 Å². The molecule has 0 aromatic heterocycles. The maximum atomic E-state index is 11.8. The fourth-order valence-corrected chi connectivity index (χ4v) is 3.88. The first-order valence-electron chi connectivity index (χ1n) is 9.05. The Morgan fingerprint density at radius 3 is 2.67 bits per heavy atom. The fraction of sp³-hybridized carbons (Fsp3) is 0.650. The molecular weight excluding hydrogens is 302 g/mol. The SMILES string of the molecule is COc1cccc(C2CCN(CC[C@H]3CC(C)(C)C(=O)O3)CC2)c1. The van der Waals surface area contributed by atoms with Crippen molar-refractivity contribution in [2.24, 2.45) is 5.41 Å². The zero-order valence-electron chi connectivity index (χ0n) is 15.1. The van der Waals surface area contributed by atoms with Crippen LogP contribution < -0.4 is 4.74 Å². The van der Waals surface area contributed by atoms with Gasteiger partial charge in [0.25, 0.3) is 0 Å². The molecule has 0 spiro atoms. The molecule has 1 aromatic rings. The van der Waals surface area contributed by atoms with Crippen molar-refractivity contribution < 1.29 is 14.3 Å². The van der Waals surface area contributed by atoms with Gasteiger partial charge in [-0.05, 0) is 76.2 Å². The highest BCUT2D eigenvalue weighted by molar-refractivity contribution is 5.78. The topological polar surface area (TPSA) is 38.8 Å². The highest BCUT2D eigenvalue weighted by atomic mass is 16.6. The van der Waals surface area contributed by atoms with Crippen molar-refractivity contribution >= 4 is 5.97 Å². The van der Waals surface area contributed by atoms with Crippen LogP contribution in [0.4, 0.5) is 0 Å². The fourth-order valence-electron chi connectivity index (χ4n) is 3.88. The Kier molecular flexibility index (Phi) is 5.14. The van der Waals surface area contributed by atoms with E-state index in [9.17, 15) is 4.79 Å². The van der Waals surface area contributed by atoms with Crippen LogP contribution >= 0.6 is 0 Å². The van der Waals surface area contributed by atoms with Gasteiger partial charge < -0.3 is 14.4 Å². The maximum absolute atomic E-state index is 11.8. The van der Waals surface area contributed by atoms with Gasteiger partial charge in [-0.25, -0.2) is 0 Å². The number of carbonyl (C=O) groups is 1. The molecule has 2 heterocycles. The van der Waals surface area contributed by atoms with Gasteiger partial charge in [0.05, 0.1) is 12.5 Å². The van der Waals surface area contributed by atoms with Gasteiger partial charge >= 0.3 is 5.97 Å². The van der Waals surface area contributed by atoms with Crippen molar-refractivity contribution in [3.63, 3.8) is 0 Å². The smallest absolute Gasteiger partial charge is 0.311 e. The van der Waals surface area contributed by atoms with Gasteiger partial charge in [-0.3, -0.25) is 4.79 Å². The minimum absolute atomic E-state index is 0.0377. The average Bonchev–Trinajstić information content (AvgIpc) is 2.86. The lowest BCUT2D eigenvalue weighted by atomic mass is 9.88. The van der Waals surface area contributed by atoms with E-state index in [0.29, 0.717) is 5.92 Å². The number of hydrogen-bond donors (Lipinski definition) is 0. The number of ether oxygens (including phenoxy) is 2. The second-order valence-corrected chi connectivity index (χ2v) is 7.80. The lowest BCUT2D eigenvalue weighted by Crippen LogP contribution is -2.35. The molecule has 0 unspecified atom stereocenters. The molecule has 1 aromatic carbocycles. The van der Waals surface area contributed by atoms with Crippen LogP contribution in [0, 0.1) is 5.41 Å². The van der Waals surface area contributed by atoms with Crippen LogP contribution in [0.1, 0.15) is 51.0 Å². The van der Waals surface area contributed by atoms with Crippen LogP contribution in [0.15, 0.2) is 24.3 Å². The zero-order valence-corrected chi connectivity index (χ0v) is 15.1. The van der Waals surface area contributed by atoms with Crippen LogP contribution in [-0.2, 0) is 9.53 Å². The molecular formula is C20H29NO3. The van der Waals surface area contributed by atoms with Gasteiger partial charge in [0.1, 0.15) is 11.9 Å². The third-order valence-corrected chi connectivity index (χ3v) is 5.48. The summed E-state index contributed by atoms with van der Waals surface area (Å²) >= 11 is 0. The number of hydrogen-bond acceptors (Lipinski definition) is 4. The van der Waals surface area contributed by atoms with E-state index in [4.69, 9.17) is 9.47 Å². The third-order valence-electron chi connectivity index (χ3n) is 5.48. The molecule has 0 bridgehead atoms. The third kappa shape index (κ3) is 3.92. The summed E-state index contributed by atoms with van der Waals surface area (Å²) in [4.78, 5) is 14.3. The number of cyclic esters (lactones) is 1. The molecule has 132 valence electrons. The van der Waals surface area contributed by atoms with Gasteiger partial charge in [0.2, 0.25) is 0 Å². The Hall–Kier alpha value is -1.55. The summed E-state index contributed by atoms with van der Waals surface area (Å²) < 4.78 is 10.8. The molecule has 4 heteroatoms. The summed E-state index contributed by atoms with van der Waals surface area (Å²) in [6, 6.07) is 8.46. The molecule has 3 rings (SSSR count). The zero-order chi connectivity index (χ0) is 17.2. The number of esters is 1. The summed E-state index contributed by atoms with van der Waals surface area (Å²) in [5.74, 6) is 1.53. The molecule has 0 radical (unpaired) electrons. The summed E-state index contributed by atoms with van der Waals surface area (Å²) in [7, 11) is 1.72. The van der Waals surface area contributed by atoms with E-state index < -0.39 is 0 Å². The number of nitrogens with zero attached hydrogens (tertiary/aromatic N) is 1. The maximum Gasteiger partial charge on any atom is 0.311 e. The van der Waals surface area contributed by atoms with Crippen LogP contribution in [0.3, 0.4) is 0 Å². The minimum atomic E-state index is -0.302. The van der Waals surface area contributed by atoms with Crippen LogP contribution in [0.2, 0.25) is 0 Å². The predicted octanol–water partition coefficient (Wildman–Crippen LogP) is 3.61. The van der Waals surface area contributed by atoms with Gasteiger partial charge in [0.15, 0.2) is 0 Å². The van der Waals surface area contributed by atoms with Gasteiger partial charge in [-0.2, -0.15) is 0 Å². The molecule has 1 atom stereocenters. The first kappa shape index (κ1) is 17.3. The van der Waals surface area contributed by atoms with Crippen molar-refractivity contribution in [2.75, 3.05) is 26.7 Å². The standard InChI is InChI=1S/C20H29NO3/c1-20(2)14-18(24-19(20)22)9-12-21-10-7-15(8-11-21)16-5-4-6-17(13-16)23-3/h4-6,13,15,18H,7-12,14H2,1-3H3/t18-/m0/s1. The number of benzene rings is 1. The highest BCUT2D eigenvalue weighted by Crippen LogP contribution is 2.35. The van der Waals surface area contributed by atoms with E-state index in [0.717, 1.165) is 38.2 Å². The quantitative estimate of drug-likeness (QED) is 0.773. The monoisotopic (exact) mass is 331 g/mol. The Morgan fingerprint density at radius 2 is 2.04 bits per heavy atom. The molecule has 0 aliphatic carbocycles. The Bertz CT molecular complexity index is 576. The normalized spacial score (nSPS) is 24.8. The van der Waals surface area contributed by atoms with E-state index in [1.807, 2.05) is 19.9 Å². The largest absolute Gasteiger partial charge is 0.497 e. The van der Waals surface area contributed by atoms with E-state index in [2.05, 4.69) is 23.1 Å². The number of rotatable bonds is 5. The van der Waals surface area contributed by atoms with Crippen LogP contribution in [0.5, 0.6) is 5.75 Å². The Morgan fingerprint density at radius 1 is 1.29 bits per heavy atom. The van der Waals surface area contributed by atoms with Gasteiger partial charge in [-0.1, -0.05) is 12.1 Å². The first-order valence-corrected chi connectivity index (χ1v) is 9.05. The van der Waals surface area contributed by atoms with Crippen molar-refractivity contribution in [1.29, 1.82) is 0 Å². The molecule has 24 heavy (non-hydrogen) atoms. The van der Waals surface area contributed by atoms with E-state index >= 15 is 0 Å². The Labute approximate surface area is 145 Å². The molecule has 4 nitrogen and oxygen atoms in total. The molecule has 2 saturated heterocycles. The molecule has 0 saturated carbocycles. The highest BCUT2D eigenvalue weighted by Gasteiger charge is 2.41. The van der Waals surface area contributed by atoms with Crippen molar-refractivity contribution in [2.45, 2.75) is 51.6 Å². The number of piperidine rings is 1. The summed E-state index contributed by atoms with van der Waals surface area (Å²) in [6.07, 6.45) is 4.28. The number of carbonyl (C=O) groups excluding carboxylic acids is 1. The second-order valence-electron chi connectivity index (χ2n) is 7.80. The lowest BCUT2D eigenvalue weighted by molar-refractivity contribution is -0.147. The minimum Gasteiger partial charge on any atom is -0.497 e. The molecule has 2 aliphatic heterocycles. The molecule has 2 fully saturated rings. The molecule has 2 aliphatic rings. The second kappa shape index (κ2) is 7.14. The van der Waals surface area contributed by atoms with Gasteiger partial charge in [0, 0.05) is 6.54 Å². The van der Waals surface area contributed by atoms with E-state index in [-0.39, 0.29) is 17.5 Å². The van der Waals surface area contributed by atoms with Crippen LogP contribution in [0.25, 0.3) is 0 Å². The lowest BCUT2D eigenvalue weighted by Gasteiger charge is -2.32. The molecule has 0 amide bonds. The first-order chi connectivity index (χ1) is 11.5. The average molecular weight is 331 g/mol. The molecule has 0 N–H and O–H groups in total. The Balaban J connectivity index is 1.45.